The molecule has 0 radical (unpaired) electrons. The molecule has 9 nitrogen and oxygen atoms in total. The second-order valence-corrected chi connectivity index (χ2v) is 9.42. The Balaban J connectivity index is 1.42. The number of carbonyl (C=O) groups is 3. The highest BCUT2D eigenvalue weighted by Crippen LogP contribution is 2.35. The van der Waals surface area contributed by atoms with Crippen molar-refractivity contribution in [3.8, 4) is 5.75 Å². The predicted octanol–water partition coefficient (Wildman–Crippen LogP) is 5.31. The number of nitrogens with two attached hydrogens (primary N) is 1. The number of carbonyl (C=O) groups excluding carboxylic acids is 3. The average Bonchev–Trinajstić information content (AvgIpc) is 2.91. The minimum absolute atomic E-state index is 0.0489. The molecule has 1 aromatic heterocycles. The zero-order valence-electron chi connectivity index (χ0n) is 21.1. The van der Waals surface area contributed by atoms with Gasteiger partial charge in [0.25, 0.3) is 0 Å². The minimum Gasteiger partial charge on any atom is -0.487 e. The van der Waals surface area contributed by atoms with Crippen LogP contribution in [-0.4, -0.2) is 36.4 Å². The number of likely N-dealkylation sites (N-methyl/N-ethyl adjacent to an activating group) is 1. The summed E-state index contributed by atoms with van der Waals surface area (Å²) in [6.07, 6.45) is 0. The summed E-state index contributed by atoms with van der Waals surface area (Å²) in [5, 5.41) is 6.60. The highest BCUT2D eigenvalue weighted by atomic mass is 35.5. The molecule has 0 unspecified atom stereocenters. The van der Waals surface area contributed by atoms with E-state index in [1.807, 2.05) is 37.3 Å². The minimum atomic E-state index is -0.631. The summed E-state index contributed by atoms with van der Waals surface area (Å²) in [6.45, 7) is 1.64. The van der Waals surface area contributed by atoms with Crippen LogP contribution in [0.2, 0.25) is 10.0 Å². The maximum Gasteiger partial charge on any atom is 0.319 e. The maximum absolute atomic E-state index is 12.8. The van der Waals surface area contributed by atoms with E-state index in [0.717, 1.165) is 16.6 Å². The quantitative estimate of drug-likeness (QED) is 0.266. The summed E-state index contributed by atoms with van der Waals surface area (Å²) in [5.74, 6) is -0.472. The van der Waals surface area contributed by atoms with Crippen molar-refractivity contribution in [2.24, 2.45) is 5.73 Å². The molecule has 0 aliphatic rings. The van der Waals surface area contributed by atoms with Gasteiger partial charge in [-0.05, 0) is 49.4 Å². The van der Waals surface area contributed by atoms with Gasteiger partial charge in [-0.2, -0.15) is 0 Å². The smallest absolute Gasteiger partial charge is 0.319 e. The van der Waals surface area contributed by atoms with E-state index < -0.39 is 17.8 Å². The summed E-state index contributed by atoms with van der Waals surface area (Å²) in [7, 11) is 1.54. The second kappa shape index (κ2) is 12.0. The molecule has 0 spiro atoms. The first-order valence-corrected chi connectivity index (χ1v) is 12.6. The number of amides is 4. The van der Waals surface area contributed by atoms with Gasteiger partial charge in [-0.15, -0.1) is 0 Å². The number of ether oxygens (including phenoxy) is 1. The van der Waals surface area contributed by atoms with Crippen molar-refractivity contribution in [2.45, 2.75) is 13.5 Å². The molecule has 4 aromatic rings. The van der Waals surface area contributed by atoms with Crippen LogP contribution in [0.5, 0.6) is 5.75 Å². The average molecular weight is 566 g/mol. The lowest BCUT2D eigenvalue weighted by atomic mass is 10.1. The van der Waals surface area contributed by atoms with Gasteiger partial charge in [0.1, 0.15) is 17.9 Å². The Morgan fingerprint density at radius 2 is 1.79 bits per heavy atom. The number of para-hydroxylation sites is 1. The molecule has 3 aromatic carbocycles. The van der Waals surface area contributed by atoms with Crippen LogP contribution in [0.4, 0.5) is 16.2 Å². The summed E-state index contributed by atoms with van der Waals surface area (Å²) in [5.41, 5.74) is 8.33. The van der Waals surface area contributed by atoms with Gasteiger partial charge >= 0.3 is 6.03 Å². The fourth-order valence-corrected chi connectivity index (χ4v) is 4.40. The van der Waals surface area contributed by atoms with Crippen molar-refractivity contribution >= 4 is 63.3 Å². The number of nitrogens with zero attached hydrogens (tertiary/aromatic N) is 2. The van der Waals surface area contributed by atoms with Crippen LogP contribution in [0.3, 0.4) is 0 Å². The van der Waals surface area contributed by atoms with E-state index in [1.165, 1.54) is 24.1 Å². The van der Waals surface area contributed by atoms with E-state index in [4.69, 9.17) is 33.7 Å². The molecule has 4 N–H and O–H groups in total. The van der Waals surface area contributed by atoms with Gasteiger partial charge in [0, 0.05) is 40.0 Å². The first-order valence-electron chi connectivity index (χ1n) is 11.8. The molecule has 4 rings (SSSR count). The molecule has 200 valence electrons. The number of primary amides is 1. The fourth-order valence-electron chi connectivity index (χ4n) is 3.79. The number of urea groups is 1. The molecule has 0 aliphatic carbocycles. The molecule has 0 atom stereocenters. The second-order valence-electron chi connectivity index (χ2n) is 8.63. The third kappa shape index (κ3) is 6.57. The number of nitrogens with one attached hydrogen (secondary N) is 2. The van der Waals surface area contributed by atoms with Crippen molar-refractivity contribution in [3.05, 3.63) is 93.6 Å². The summed E-state index contributed by atoms with van der Waals surface area (Å²) < 4.78 is 6.05. The zero-order chi connectivity index (χ0) is 28.1. The van der Waals surface area contributed by atoms with Crippen LogP contribution in [-0.2, 0) is 11.4 Å². The molecular weight excluding hydrogens is 541 g/mol. The predicted molar refractivity (Wildman–Crippen MR) is 153 cm³/mol. The normalized spacial score (nSPS) is 10.7. The standard InChI is InChI=1S/C28H25Cl2N5O4/c1-16-9-10-17-5-4-8-23(26(17)33-16)39-15-20-21(29)11-12-22(25(20)30)35(2)24(36)14-32-28(38)34-19-7-3-6-18(13-19)27(31)37/h3-13H,14-15H2,1-2H3,(H2,31,37)(H2,32,34,38). The van der Waals surface area contributed by atoms with E-state index in [0.29, 0.717) is 27.7 Å². The third-order valence-electron chi connectivity index (χ3n) is 5.90. The topological polar surface area (TPSA) is 127 Å². The zero-order valence-corrected chi connectivity index (χ0v) is 22.6. The van der Waals surface area contributed by atoms with Gasteiger partial charge in [0.15, 0.2) is 0 Å². The number of hydrogen-bond acceptors (Lipinski definition) is 5. The lowest BCUT2D eigenvalue weighted by Gasteiger charge is -2.21. The number of aromatic nitrogens is 1. The van der Waals surface area contributed by atoms with Gasteiger partial charge in [-0.3, -0.25) is 9.59 Å². The number of rotatable bonds is 8. The molecule has 0 bridgehead atoms. The number of pyridine rings is 1. The van der Waals surface area contributed by atoms with Crippen LogP contribution in [0.15, 0.2) is 66.7 Å². The Kier molecular flexibility index (Phi) is 8.53. The van der Waals surface area contributed by atoms with Crippen molar-refractivity contribution < 1.29 is 19.1 Å². The highest BCUT2D eigenvalue weighted by Gasteiger charge is 2.19. The number of hydrogen-bond donors (Lipinski definition) is 3. The number of benzene rings is 3. The van der Waals surface area contributed by atoms with E-state index in [-0.39, 0.29) is 23.7 Å². The van der Waals surface area contributed by atoms with Gasteiger partial charge in [-0.25, -0.2) is 9.78 Å². The van der Waals surface area contributed by atoms with Crippen LogP contribution in [0.25, 0.3) is 10.9 Å². The summed E-state index contributed by atoms with van der Waals surface area (Å²) >= 11 is 13.1. The number of halogens is 2. The van der Waals surface area contributed by atoms with E-state index >= 15 is 0 Å². The Labute approximate surface area is 234 Å². The van der Waals surface area contributed by atoms with Gasteiger partial charge in [0.2, 0.25) is 11.8 Å². The largest absolute Gasteiger partial charge is 0.487 e. The number of anilines is 2. The van der Waals surface area contributed by atoms with Gasteiger partial charge in [-0.1, -0.05) is 47.5 Å². The molecule has 0 saturated carbocycles. The summed E-state index contributed by atoms with van der Waals surface area (Å²) in [6, 6.07) is 18.3. The van der Waals surface area contributed by atoms with Crippen molar-refractivity contribution in [3.63, 3.8) is 0 Å². The molecule has 0 saturated heterocycles. The van der Waals surface area contributed by atoms with Crippen LogP contribution >= 0.6 is 23.2 Å². The van der Waals surface area contributed by atoms with Crippen molar-refractivity contribution in [1.82, 2.24) is 10.3 Å². The van der Waals surface area contributed by atoms with Crippen LogP contribution in [0, 0.1) is 6.92 Å². The first kappa shape index (κ1) is 27.7. The SMILES string of the molecule is Cc1ccc2cccc(OCc3c(Cl)ccc(N(C)C(=O)CNC(=O)Nc4cccc(C(N)=O)c4)c3Cl)c2n1. The highest BCUT2D eigenvalue weighted by molar-refractivity contribution is 6.38. The Morgan fingerprint density at radius 1 is 1.03 bits per heavy atom. The van der Waals surface area contributed by atoms with Gasteiger partial charge < -0.3 is 26.0 Å². The van der Waals surface area contributed by atoms with E-state index in [2.05, 4.69) is 15.6 Å². The molecule has 39 heavy (non-hydrogen) atoms. The molecule has 0 aliphatic heterocycles. The fraction of sp³-hybridized carbons (Fsp3) is 0.143. The van der Waals surface area contributed by atoms with Gasteiger partial charge in [0.05, 0.1) is 17.3 Å². The molecule has 11 heteroatoms. The van der Waals surface area contributed by atoms with Crippen LogP contribution < -0.4 is 26.0 Å². The lowest BCUT2D eigenvalue weighted by Crippen LogP contribution is -2.40. The monoisotopic (exact) mass is 565 g/mol. The first-order chi connectivity index (χ1) is 18.6. The van der Waals surface area contributed by atoms with E-state index in [9.17, 15) is 14.4 Å². The lowest BCUT2D eigenvalue weighted by molar-refractivity contribution is -0.117. The number of fused-ring (bicyclic) bond motifs is 1. The third-order valence-corrected chi connectivity index (χ3v) is 6.68. The molecular formula is C28H25Cl2N5O4. The van der Waals surface area contributed by atoms with E-state index in [1.54, 1.807) is 24.3 Å². The Morgan fingerprint density at radius 3 is 2.56 bits per heavy atom. The Bertz CT molecular complexity index is 1580. The van der Waals surface area contributed by atoms with Crippen LogP contribution in [0.1, 0.15) is 21.6 Å². The Hall–Kier alpha value is -4.34. The molecule has 1 heterocycles. The molecule has 0 fully saturated rings. The van der Waals surface area contributed by atoms with Crippen molar-refractivity contribution in [1.29, 1.82) is 0 Å². The maximum atomic E-state index is 12.8. The molecule has 4 amide bonds. The van der Waals surface area contributed by atoms with Crippen molar-refractivity contribution in [2.75, 3.05) is 23.8 Å². The summed E-state index contributed by atoms with van der Waals surface area (Å²) in [4.78, 5) is 42.3. The number of aryl methyl sites for hydroxylation is 1.